The fraction of sp³-hybridized carbons (Fsp3) is 0.118. The second kappa shape index (κ2) is 8.18. The van der Waals surface area contributed by atoms with Gasteiger partial charge in [0.1, 0.15) is 0 Å². The molecule has 1 amide bonds. The highest BCUT2D eigenvalue weighted by atomic mass is 79.9. The molecule has 0 aliphatic rings. The topological polar surface area (TPSA) is 80.0 Å². The van der Waals surface area contributed by atoms with Gasteiger partial charge in [-0.15, -0.1) is 5.10 Å². The van der Waals surface area contributed by atoms with Crippen LogP contribution in [0.15, 0.2) is 46.9 Å². The van der Waals surface area contributed by atoms with Gasteiger partial charge < -0.3 is 10.4 Å². The molecule has 26 heavy (non-hydrogen) atoms. The highest BCUT2D eigenvalue weighted by Crippen LogP contribution is 2.28. The maximum Gasteiger partial charge on any atom is 0.291 e. The fourth-order valence-corrected chi connectivity index (χ4v) is 2.80. The Bertz CT molecular complexity index is 944. The highest BCUT2D eigenvalue weighted by molar-refractivity contribution is 9.10. The molecule has 3 aromatic rings. The maximum atomic E-state index is 12.2. The second-order valence-corrected chi connectivity index (χ2v) is 6.99. The van der Waals surface area contributed by atoms with Crippen molar-refractivity contribution in [1.82, 2.24) is 20.1 Å². The quantitative estimate of drug-likeness (QED) is 0.614. The van der Waals surface area contributed by atoms with E-state index >= 15 is 0 Å². The molecule has 0 saturated heterocycles. The molecule has 0 atom stereocenters. The molecule has 0 saturated carbocycles. The number of nitrogens with one attached hydrogen (secondary N) is 1. The molecule has 0 aliphatic carbocycles. The predicted octanol–water partition coefficient (Wildman–Crippen LogP) is 3.73. The van der Waals surface area contributed by atoms with E-state index in [1.165, 1.54) is 4.68 Å². The Morgan fingerprint density at radius 2 is 1.88 bits per heavy atom. The monoisotopic (exact) mass is 454 g/mol. The van der Waals surface area contributed by atoms with Crippen molar-refractivity contribution < 1.29 is 9.90 Å². The summed E-state index contributed by atoms with van der Waals surface area (Å²) in [6, 6.07) is 12.5. The first kappa shape index (κ1) is 18.8. The average Bonchev–Trinajstić information content (AvgIpc) is 3.08. The molecular weight excluding hydrogens is 443 g/mol. The van der Waals surface area contributed by atoms with Crippen molar-refractivity contribution in [2.24, 2.45) is 0 Å². The Morgan fingerprint density at radius 3 is 2.54 bits per heavy atom. The first-order valence-corrected chi connectivity index (χ1v) is 9.12. The van der Waals surface area contributed by atoms with E-state index in [-0.39, 0.29) is 19.0 Å². The maximum absolute atomic E-state index is 12.2. The summed E-state index contributed by atoms with van der Waals surface area (Å²) in [4.78, 5) is 16.5. The number of amides is 1. The van der Waals surface area contributed by atoms with Crippen LogP contribution >= 0.6 is 39.1 Å². The Hall–Kier alpha value is -1.93. The molecule has 2 aromatic carbocycles. The van der Waals surface area contributed by atoms with E-state index in [9.17, 15) is 4.79 Å². The molecule has 0 unspecified atom stereocenters. The summed E-state index contributed by atoms with van der Waals surface area (Å²) in [7, 11) is 0. The summed E-state index contributed by atoms with van der Waals surface area (Å²) in [5.74, 6) is -0.0105. The molecule has 3 rings (SSSR count). The lowest BCUT2D eigenvalue weighted by Gasteiger charge is -2.07. The number of aliphatic hydroxyl groups is 1. The van der Waals surface area contributed by atoms with Crippen molar-refractivity contribution in [1.29, 1.82) is 0 Å². The minimum Gasteiger partial charge on any atom is -0.395 e. The normalized spacial score (nSPS) is 10.8. The van der Waals surface area contributed by atoms with E-state index in [1.54, 1.807) is 18.2 Å². The molecule has 134 valence electrons. The van der Waals surface area contributed by atoms with Gasteiger partial charge in [0, 0.05) is 16.6 Å². The smallest absolute Gasteiger partial charge is 0.291 e. The van der Waals surface area contributed by atoms with Crippen molar-refractivity contribution in [3.05, 3.63) is 62.8 Å². The van der Waals surface area contributed by atoms with E-state index in [0.717, 1.165) is 10.0 Å². The Balaban J connectivity index is 2.10. The predicted molar refractivity (Wildman–Crippen MR) is 104 cm³/mol. The molecule has 9 heteroatoms. The summed E-state index contributed by atoms with van der Waals surface area (Å²) < 4.78 is 2.45. The van der Waals surface area contributed by atoms with E-state index in [0.29, 0.717) is 21.6 Å². The molecule has 0 aliphatic heterocycles. The number of benzene rings is 2. The highest BCUT2D eigenvalue weighted by Gasteiger charge is 2.19. The van der Waals surface area contributed by atoms with Crippen molar-refractivity contribution >= 4 is 45.0 Å². The minimum absolute atomic E-state index is 0.0116. The van der Waals surface area contributed by atoms with E-state index in [2.05, 4.69) is 31.3 Å². The van der Waals surface area contributed by atoms with Gasteiger partial charge in [-0.2, -0.15) is 0 Å². The number of aromatic nitrogens is 3. The fourth-order valence-electron chi connectivity index (χ4n) is 2.24. The van der Waals surface area contributed by atoms with Crippen LogP contribution in [0.25, 0.3) is 17.1 Å². The summed E-state index contributed by atoms with van der Waals surface area (Å²) in [6.45, 7) is -0.0490. The lowest BCUT2D eigenvalue weighted by Crippen LogP contribution is -2.27. The van der Waals surface area contributed by atoms with Crippen molar-refractivity contribution in [3.63, 3.8) is 0 Å². The van der Waals surface area contributed by atoms with Crippen LogP contribution in [0, 0.1) is 0 Å². The SMILES string of the molecule is O=C(NCCO)c1nc(-c2ccc(Br)cc2)n(-c2ccc(Cl)c(Cl)c2)n1. The molecular formula is C17H13BrCl2N4O2. The van der Waals surface area contributed by atoms with Crippen LogP contribution in [0.5, 0.6) is 0 Å². The molecule has 1 aromatic heterocycles. The second-order valence-electron chi connectivity index (χ2n) is 5.26. The van der Waals surface area contributed by atoms with Crippen LogP contribution in [0.1, 0.15) is 10.6 Å². The molecule has 0 fully saturated rings. The van der Waals surface area contributed by atoms with E-state index < -0.39 is 5.91 Å². The Kier molecular flexibility index (Phi) is 5.93. The van der Waals surface area contributed by atoms with Crippen LogP contribution < -0.4 is 5.32 Å². The van der Waals surface area contributed by atoms with Crippen LogP contribution in [0.4, 0.5) is 0 Å². The van der Waals surface area contributed by atoms with Gasteiger partial charge in [0.05, 0.1) is 22.3 Å². The number of nitrogens with zero attached hydrogens (tertiary/aromatic N) is 3. The summed E-state index contributed by atoms with van der Waals surface area (Å²) in [5, 5.41) is 16.5. The van der Waals surface area contributed by atoms with Gasteiger partial charge in [0.2, 0.25) is 5.82 Å². The minimum atomic E-state index is -0.476. The number of carbonyl (C=O) groups excluding carboxylic acids is 1. The zero-order valence-corrected chi connectivity index (χ0v) is 16.4. The molecule has 0 spiro atoms. The van der Waals surface area contributed by atoms with Crippen LogP contribution in [-0.4, -0.2) is 38.9 Å². The van der Waals surface area contributed by atoms with Crippen LogP contribution in [0.2, 0.25) is 10.0 Å². The van der Waals surface area contributed by atoms with Crippen molar-refractivity contribution in [2.45, 2.75) is 0 Å². The van der Waals surface area contributed by atoms with Gasteiger partial charge in [-0.25, -0.2) is 9.67 Å². The van der Waals surface area contributed by atoms with Crippen LogP contribution in [0.3, 0.4) is 0 Å². The zero-order chi connectivity index (χ0) is 18.7. The van der Waals surface area contributed by atoms with Gasteiger partial charge in [0.25, 0.3) is 5.91 Å². The lowest BCUT2D eigenvalue weighted by atomic mass is 10.2. The standard InChI is InChI=1S/C17H13BrCl2N4O2/c18-11-3-1-10(2-4-11)16-22-15(17(26)21-7-8-25)23-24(16)12-5-6-13(19)14(20)9-12/h1-6,9,25H,7-8H2,(H,21,26). The Morgan fingerprint density at radius 1 is 1.15 bits per heavy atom. The zero-order valence-electron chi connectivity index (χ0n) is 13.3. The summed E-state index contributed by atoms with van der Waals surface area (Å²) in [5.41, 5.74) is 1.39. The third-order valence-corrected chi connectivity index (χ3v) is 4.73. The van der Waals surface area contributed by atoms with Crippen molar-refractivity contribution in [2.75, 3.05) is 13.2 Å². The van der Waals surface area contributed by atoms with Gasteiger partial charge in [-0.3, -0.25) is 4.79 Å². The molecule has 0 radical (unpaired) electrons. The number of hydrogen-bond acceptors (Lipinski definition) is 4. The van der Waals surface area contributed by atoms with Gasteiger partial charge in [0.15, 0.2) is 5.82 Å². The molecule has 0 bridgehead atoms. The molecule has 6 nitrogen and oxygen atoms in total. The van der Waals surface area contributed by atoms with Gasteiger partial charge in [-0.05, 0) is 30.3 Å². The number of aliphatic hydroxyl groups excluding tert-OH is 1. The average molecular weight is 456 g/mol. The molecule has 1 heterocycles. The van der Waals surface area contributed by atoms with Gasteiger partial charge in [-0.1, -0.05) is 51.3 Å². The van der Waals surface area contributed by atoms with Gasteiger partial charge >= 0.3 is 0 Å². The third-order valence-electron chi connectivity index (χ3n) is 3.46. The first-order chi connectivity index (χ1) is 12.5. The number of carbonyl (C=O) groups is 1. The number of halogens is 3. The number of hydrogen-bond donors (Lipinski definition) is 2. The summed E-state index contributed by atoms with van der Waals surface area (Å²) >= 11 is 15.5. The van der Waals surface area contributed by atoms with Crippen molar-refractivity contribution in [3.8, 4) is 17.1 Å². The Labute approximate surface area is 167 Å². The van der Waals surface area contributed by atoms with Crippen LogP contribution in [-0.2, 0) is 0 Å². The van der Waals surface area contributed by atoms with E-state index in [1.807, 2.05) is 24.3 Å². The summed E-state index contributed by atoms with van der Waals surface area (Å²) in [6.07, 6.45) is 0. The molecule has 2 N–H and O–H groups in total. The largest absolute Gasteiger partial charge is 0.395 e. The van der Waals surface area contributed by atoms with E-state index in [4.69, 9.17) is 28.3 Å². The number of rotatable bonds is 5. The third kappa shape index (κ3) is 4.07. The lowest BCUT2D eigenvalue weighted by molar-refractivity contribution is 0.0934. The first-order valence-electron chi connectivity index (χ1n) is 7.57.